The molecule has 0 saturated heterocycles. The maximum atomic E-state index is 11.8. The van der Waals surface area contributed by atoms with Crippen LogP contribution in [0, 0.1) is 6.92 Å². The second-order valence-corrected chi connectivity index (χ2v) is 4.81. The molecule has 0 N–H and O–H groups in total. The number of aryl methyl sites for hydroxylation is 1. The summed E-state index contributed by atoms with van der Waals surface area (Å²) in [5.74, 6) is 0.0216. The molecule has 2 heterocycles. The molecule has 3 rings (SSSR count). The Labute approximate surface area is 133 Å². The summed E-state index contributed by atoms with van der Waals surface area (Å²) in [5, 5.41) is 4.38. The minimum Gasteiger partial charge on any atom is -0.440 e. The van der Waals surface area contributed by atoms with E-state index < -0.39 is 5.97 Å². The molecule has 23 heavy (non-hydrogen) atoms. The molecule has 0 atom stereocenters. The number of hydrogen-bond acceptors (Lipinski definition) is 5. The topological polar surface area (TPSA) is 66.2 Å². The highest BCUT2D eigenvalue weighted by Gasteiger charge is 2.11. The molecule has 0 aliphatic heterocycles. The SMILES string of the molecule is Cc1cc(OCOC(=O)c2cccnc2)n(-c2ccccc2)n1. The zero-order valence-electron chi connectivity index (χ0n) is 12.5. The van der Waals surface area contributed by atoms with Crippen molar-refractivity contribution in [3.63, 3.8) is 0 Å². The van der Waals surface area contributed by atoms with Crippen molar-refractivity contribution in [3.05, 3.63) is 72.2 Å². The van der Waals surface area contributed by atoms with E-state index in [0.717, 1.165) is 11.4 Å². The van der Waals surface area contributed by atoms with E-state index in [4.69, 9.17) is 9.47 Å². The Kier molecular flexibility index (Phi) is 4.33. The fourth-order valence-electron chi connectivity index (χ4n) is 2.04. The summed E-state index contributed by atoms with van der Waals surface area (Å²) in [7, 11) is 0. The van der Waals surface area contributed by atoms with Crippen LogP contribution in [0.1, 0.15) is 16.1 Å². The maximum absolute atomic E-state index is 11.8. The van der Waals surface area contributed by atoms with Gasteiger partial charge in [-0.15, -0.1) is 0 Å². The van der Waals surface area contributed by atoms with Gasteiger partial charge in [-0.3, -0.25) is 4.98 Å². The first-order valence-electron chi connectivity index (χ1n) is 7.06. The molecule has 6 nitrogen and oxygen atoms in total. The zero-order chi connectivity index (χ0) is 16.1. The van der Waals surface area contributed by atoms with E-state index in [2.05, 4.69) is 10.1 Å². The quantitative estimate of drug-likeness (QED) is 0.535. The van der Waals surface area contributed by atoms with Gasteiger partial charge in [0.1, 0.15) is 0 Å². The van der Waals surface area contributed by atoms with Crippen molar-refractivity contribution in [2.24, 2.45) is 0 Å². The Morgan fingerprint density at radius 2 is 2.00 bits per heavy atom. The average molecular weight is 309 g/mol. The highest BCUT2D eigenvalue weighted by Crippen LogP contribution is 2.19. The van der Waals surface area contributed by atoms with Crippen molar-refractivity contribution in [2.45, 2.75) is 6.92 Å². The monoisotopic (exact) mass is 309 g/mol. The number of hydrogen-bond donors (Lipinski definition) is 0. The molecule has 6 heteroatoms. The van der Waals surface area contributed by atoms with Crippen LogP contribution in [-0.2, 0) is 4.74 Å². The highest BCUT2D eigenvalue weighted by molar-refractivity contribution is 5.88. The highest BCUT2D eigenvalue weighted by atomic mass is 16.7. The molecule has 0 spiro atoms. The van der Waals surface area contributed by atoms with E-state index in [1.165, 1.54) is 6.20 Å². The van der Waals surface area contributed by atoms with Crippen LogP contribution < -0.4 is 4.74 Å². The van der Waals surface area contributed by atoms with Crippen LogP contribution in [0.25, 0.3) is 5.69 Å². The van der Waals surface area contributed by atoms with Crippen molar-refractivity contribution < 1.29 is 14.3 Å². The standard InChI is InChI=1S/C17H15N3O3/c1-13-10-16(20(19-13)15-7-3-2-4-8-15)22-12-23-17(21)14-6-5-9-18-11-14/h2-11H,12H2,1H3. The van der Waals surface area contributed by atoms with Crippen LogP contribution in [-0.4, -0.2) is 27.5 Å². The lowest BCUT2D eigenvalue weighted by molar-refractivity contribution is 0.0133. The summed E-state index contributed by atoms with van der Waals surface area (Å²) in [6.07, 6.45) is 3.04. The Morgan fingerprint density at radius 1 is 1.17 bits per heavy atom. The number of aromatic nitrogens is 3. The summed E-state index contributed by atoms with van der Waals surface area (Å²) in [5.41, 5.74) is 2.06. The molecule has 116 valence electrons. The molecule has 3 aromatic rings. The number of rotatable bonds is 5. The maximum Gasteiger partial charge on any atom is 0.342 e. The van der Waals surface area contributed by atoms with Gasteiger partial charge in [0.15, 0.2) is 0 Å². The van der Waals surface area contributed by atoms with Crippen LogP contribution in [0.5, 0.6) is 5.88 Å². The second kappa shape index (κ2) is 6.74. The van der Waals surface area contributed by atoms with Crippen molar-refractivity contribution in [1.82, 2.24) is 14.8 Å². The second-order valence-electron chi connectivity index (χ2n) is 4.81. The van der Waals surface area contributed by atoms with E-state index in [1.807, 2.05) is 37.3 Å². The predicted molar refractivity (Wildman–Crippen MR) is 83.4 cm³/mol. The number of esters is 1. The Hall–Kier alpha value is -3.15. The number of carbonyl (C=O) groups is 1. The number of nitrogens with zero attached hydrogens (tertiary/aromatic N) is 3. The van der Waals surface area contributed by atoms with Gasteiger partial charge in [-0.25, -0.2) is 9.48 Å². The van der Waals surface area contributed by atoms with Gasteiger partial charge in [-0.1, -0.05) is 18.2 Å². The zero-order valence-corrected chi connectivity index (χ0v) is 12.5. The van der Waals surface area contributed by atoms with Crippen LogP contribution in [0.15, 0.2) is 60.9 Å². The van der Waals surface area contributed by atoms with Crippen LogP contribution in [0.3, 0.4) is 0 Å². The van der Waals surface area contributed by atoms with Crippen molar-refractivity contribution in [3.8, 4) is 11.6 Å². The minimum atomic E-state index is -0.486. The third kappa shape index (κ3) is 3.55. The molecular formula is C17H15N3O3. The summed E-state index contributed by atoms with van der Waals surface area (Å²) in [6.45, 7) is 1.67. The van der Waals surface area contributed by atoms with E-state index in [0.29, 0.717) is 11.4 Å². The number of ether oxygens (including phenoxy) is 2. The lowest BCUT2D eigenvalue weighted by Gasteiger charge is -2.09. The smallest absolute Gasteiger partial charge is 0.342 e. The average Bonchev–Trinajstić information content (AvgIpc) is 2.97. The third-order valence-corrected chi connectivity index (χ3v) is 3.09. The fraction of sp³-hybridized carbons (Fsp3) is 0.118. The van der Waals surface area contributed by atoms with Gasteiger partial charge >= 0.3 is 5.97 Å². The molecule has 0 saturated carbocycles. The first-order valence-corrected chi connectivity index (χ1v) is 7.06. The number of benzene rings is 1. The van der Waals surface area contributed by atoms with E-state index in [-0.39, 0.29) is 6.79 Å². The summed E-state index contributed by atoms with van der Waals surface area (Å²) < 4.78 is 12.3. The number of carbonyl (C=O) groups excluding carboxylic acids is 1. The number of para-hydroxylation sites is 1. The molecule has 0 amide bonds. The van der Waals surface area contributed by atoms with Crippen molar-refractivity contribution in [1.29, 1.82) is 0 Å². The van der Waals surface area contributed by atoms with Gasteiger partial charge in [0, 0.05) is 18.5 Å². The molecule has 0 aliphatic rings. The Bertz CT molecular complexity index is 785. The van der Waals surface area contributed by atoms with Gasteiger partial charge < -0.3 is 9.47 Å². The largest absolute Gasteiger partial charge is 0.440 e. The van der Waals surface area contributed by atoms with Gasteiger partial charge in [0.05, 0.1) is 16.9 Å². The summed E-state index contributed by atoms with van der Waals surface area (Å²) in [6, 6.07) is 14.7. The lowest BCUT2D eigenvalue weighted by atomic mass is 10.3. The molecule has 0 unspecified atom stereocenters. The van der Waals surface area contributed by atoms with E-state index >= 15 is 0 Å². The molecule has 0 aliphatic carbocycles. The number of pyridine rings is 1. The Morgan fingerprint density at radius 3 is 2.74 bits per heavy atom. The Balaban J connectivity index is 1.66. The third-order valence-electron chi connectivity index (χ3n) is 3.09. The first kappa shape index (κ1) is 14.8. The lowest BCUT2D eigenvalue weighted by Crippen LogP contribution is -2.12. The van der Waals surface area contributed by atoms with Crippen molar-refractivity contribution in [2.75, 3.05) is 6.79 Å². The van der Waals surface area contributed by atoms with Gasteiger partial charge in [-0.2, -0.15) is 5.10 Å². The van der Waals surface area contributed by atoms with Crippen LogP contribution >= 0.6 is 0 Å². The van der Waals surface area contributed by atoms with Crippen molar-refractivity contribution >= 4 is 5.97 Å². The minimum absolute atomic E-state index is 0.203. The molecular weight excluding hydrogens is 294 g/mol. The molecule has 1 aromatic carbocycles. The summed E-state index contributed by atoms with van der Waals surface area (Å²) in [4.78, 5) is 15.7. The van der Waals surface area contributed by atoms with Gasteiger partial charge in [0.2, 0.25) is 12.7 Å². The molecule has 2 aromatic heterocycles. The molecule has 0 radical (unpaired) electrons. The fourth-order valence-corrected chi connectivity index (χ4v) is 2.04. The van der Waals surface area contributed by atoms with Crippen LogP contribution in [0.4, 0.5) is 0 Å². The molecule has 0 bridgehead atoms. The van der Waals surface area contributed by atoms with Crippen LogP contribution in [0.2, 0.25) is 0 Å². The molecule has 0 fully saturated rings. The van der Waals surface area contributed by atoms with E-state index in [9.17, 15) is 4.79 Å². The van der Waals surface area contributed by atoms with Gasteiger partial charge in [-0.05, 0) is 31.2 Å². The first-order chi connectivity index (χ1) is 11.2. The van der Waals surface area contributed by atoms with E-state index in [1.54, 1.807) is 29.1 Å². The summed E-state index contributed by atoms with van der Waals surface area (Å²) >= 11 is 0. The normalized spacial score (nSPS) is 10.3. The predicted octanol–water partition coefficient (Wildman–Crippen LogP) is 2.77. The van der Waals surface area contributed by atoms with Gasteiger partial charge in [0.25, 0.3) is 0 Å².